The molecule has 96 valence electrons. The molecular formula is C15H14N2S2. The van der Waals surface area contributed by atoms with E-state index in [9.17, 15) is 0 Å². The first kappa shape index (κ1) is 12.5. The molecule has 0 unspecified atom stereocenters. The van der Waals surface area contributed by atoms with Crippen molar-refractivity contribution < 1.29 is 0 Å². The van der Waals surface area contributed by atoms with Crippen LogP contribution in [0, 0.1) is 11.6 Å². The van der Waals surface area contributed by atoms with Gasteiger partial charge in [0.25, 0.3) is 0 Å². The van der Waals surface area contributed by atoms with Crippen LogP contribution in [0.15, 0.2) is 29.6 Å². The molecule has 0 amide bonds. The van der Waals surface area contributed by atoms with Crippen LogP contribution in [-0.2, 0) is 6.42 Å². The van der Waals surface area contributed by atoms with Crippen molar-refractivity contribution in [2.75, 3.05) is 0 Å². The number of benzene rings is 1. The number of nitrogens with zero attached hydrogens (tertiary/aromatic N) is 1. The summed E-state index contributed by atoms with van der Waals surface area (Å²) in [5, 5.41) is 3.40. The third-order valence-corrected chi connectivity index (χ3v) is 4.65. The minimum absolute atomic E-state index is 0.694. The van der Waals surface area contributed by atoms with Gasteiger partial charge in [-0.05, 0) is 23.8 Å². The van der Waals surface area contributed by atoms with Crippen molar-refractivity contribution in [3.05, 3.63) is 45.7 Å². The average Bonchev–Trinajstić information content (AvgIpc) is 2.90. The number of aromatic nitrogens is 2. The van der Waals surface area contributed by atoms with Gasteiger partial charge in [-0.2, -0.15) is 0 Å². The number of hydrogen-bond donors (Lipinski definition) is 1. The zero-order chi connectivity index (χ0) is 13.4. The number of aryl methyl sites for hydroxylation is 1. The molecule has 0 spiro atoms. The van der Waals surface area contributed by atoms with E-state index in [1.807, 2.05) is 6.92 Å². The molecule has 0 atom stereocenters. The highest BCUT2D eigenvalue weighted by molar-refractivity contribution is 7.71. The van der Waals surface area contributed by atoms with Gasteiger partial charge in [-0.25, -0.2) is 4.98 Å². The Morgan fingerprint density at radius 1 is 1.32 bits per heavy atom. The molecule has 0 saturated carbocycles. The number of thiophene rings is 1. The summed E-state index contributed by atoms with van der Waals surface area (Å²) in [6, 6.07) is 8.52. The van der Waals surface area contributed by atoms with E-state index in [-0.39, 0.29) is 0 Å². The van der Waals surface area contributed by atoms with Crippen LogP contribution in [0.25, 0.3) is 21.3 Å². The normalized spacial score (nSPS) is 11.1. The fraction of sp³-hybridized carbons (Fsp3) is 0.200. The SMILES string of the molecule is CCc1nc(=S)c(C)c(-c2cccc3ccsc23)[nH]1. The summed E-state index contributed by atoms with van der Waals surface area (Å²) in [6.07, 6.45) is 0.858. The molecule has 1 N–H and O–H groups in total. The predicted molar refractivity (Wildman–Crippen MR) is 84.4 cm³/mol. The smallest absolute Gasteiger partial charge is 0.133 e. The van der Waals surface area contributed by atoms with E-state index in [1.165, 1.54) is 15.6 Å². The number of H-pyrrole nitrogens is 1. The van der Waals surface area contributed by atoms with Crippen LogP contribution in [-0.4, -0.2) is 9.97 Å². The Balaban J connectivity index is 2.35. The molecule has 0 fully saturated rings. The molecule has 3 aromatic rings. The molecule has 2 nitrogen and oxygen atoms in total. The molecule has 0 aliphatic rings. The molecular weight excluding hydrogens is 272 g/mol. The van der Waals surface area contributed by atoms with Gasteiger partial charge in [-0.15, -0.1) is 11.3 Å². The lowest BCUT2D eigenvalue weighted by Gasteiger charge is -2.10. The molecule has 0 aliphatic heterocycles. The number of rotatable bonds is 2. The standard InChI is InChI=1S/C15H14N2S2/c1-3-12-16-13(9(2)15(18)17-12)11-6-4-5-10-7-8-19-14(10)11/h4-8H,3H2,1-2H3,(H,16,17,18). The first-order chi connectivity index (χ1) is 9.20. The minimum Gasteiger partial charge on any atom is -0.343 e. The van der Waals surface area contributed by atoms with E-state index < -0.39 is 0 Å². The molecule has 1 aromatic carbocycles. The van der Waals surface area contributed by atoms with Crippen molar-refractivity contribution in [2.24, 2.45) is 0 Å². The second-order valence-electron chi connectivity index (χ2n) is 4.49. The first-order valence-corrected chi connectivity index (χ1v) is 7.56. The molecule has 3 rings (SSSR count). The minimum atomic E-state index is 0.694. The second kappa shape index (κ2) is 4.87. The summed E-state index contributed by atoms with van der Waals surface area (Å²) in [4.78, 5) is 7.84. The van der Waals surface area contributed by atoms with Gasteiger partial charge in [0.2, 0.25) is 0 Å². The van der Waals surface area contributed by atoms with Crippen molar-refractivity contribution in [3.63, 3.8) is 0 Å². The van der Waals surface area contributed by atoms with E-state index in [0.717, 1.165) is 23.5 Å². The summed E-state index contributed by atoms with van der Waals surface area (Å²) in [6.45, 7) is 4.12. The summed E-state index contributed by atoms with van der Waals surface area (Å²) in [5.41, 5.74) is 3.37. The highest BCUT2D eigenvalue weighted by Gasteiger charge is 2.10. The van der Waals surface area contributed by atoms with E-state index in [1.54, 1.807) is 11.3 Å². The monoisotopic (exact) mass is 286 g/mol. The number of nitrogens with one attached hydrogen (secondary N) is 1. The Hall–Kier alpha value is -1.52. The summed E-state index contributed by atoms with van der Waals surface area (Å²) in [7, 11) is 0. The maximum atomic E-state index is 5.37. The molecule has 19 heavy (non-hydrogen) atoms. The zero-order valence-electron chi connectivity index (χ0n) is 10.9. The van der Waals surface area contributed by atoms with Crippen molar-refractivity contribution in [1.82, 2.24) is 9.97 Å². The Labute approximate surface area is 121 Å². The molecule has 0 saturated heterocycles. The van der Waals surface area contributed by atoms with Crippen LogP contribution < -0.4 is 0 Å². The maximum absolute atomic E-state index is 5.37. The molecule has 2 aromatic heterocycles. The van der Waals surface area contributed by atoms with E-state index >= 15 is 0 Å². The first-order valence-electron chi connectivity index (χ1n) is 6.27. The van der Waals surface area contributed by atoms with E-state index in [2.05, 4.69) is 46.5 Å². The molecule has 4 heteroatoms. The third-order valence-electron chi connectivity index (χ3n) is 3.28. The number of hydrogen-bond acceptors (Lipinski definition) is 3. The molecule has 2 heterocycles. The van der Waals surface area contributed by atoms with Crippen LogP contribution in [0.5, 0.6) is 0 Å². The Kier molecular flexibility index (Phi) is 3.21. The van der Waals surface area contributed by atoms with Crippen LogP contribution in [0.3, 0.4) is 0 Å². The quantitative estimate of drug-likeness (QED) is 0.679. The van der Waals surface area contributed by atoms with Gasteiger partial charge < -0.3 is 4.98 Å². The fourth-order valence-electron chi connectivity index (χ4n) is 2.21. The van der Waals surface area contributed by atoms with Gasteiger partial charge in [-0.1, -0.05) is 37.3 Å². The number of fused-ring (bicyclic) bond motifs is 1. The molecule has 0 bridgehead atoms. The summed E-state index contributed by atoms with van der Waals surface area (Å²) >= 11 is 7.13. The number of aromatic amines is 1. The summed E-state index contributed by atoms with van der Waals surface area (Å²) < 4.78 is 1.99. The third kappa shape index (κ3) is 2.11. The highest BCUT2D eigenvalue weighted by Crippen LogP contribution is 2.33. The maximum Gasteiger partial charge on any atom is 0.133 e. The lowest BCUT2D eigenvalue weighted by Crippen LogP contribution is -1.99. The van der Waals surface area contributed by atoms with Gasteiger partial charge in [0, 0.05) is 22.2 Å². The van der Waals surface area contributed by atoms with Crippen molar-refractivity contribution >= 4 is 33.6 Å². The van der Waals surface area contributed by atoms with Gasteiger partial charge in [0.05, 0.1) is 5.69 Å². The van der Waals surface area contributed by atoms with Gasteiger partial charge in [-0.3, -0.25) is 0 Å². The zero-order valence-corrected chi connectivity index (χ0v) is 12.5. The Morgan fingerprint density at radius 2 is 2.16 bits per heavy atom. The Morgan fingerprint density at radius 3 is 2.95 bits per heavy atom. The molecule has 0 aliphatic carbocycles. The fourth-order valence-corrected chi connectivity index (χ4v) is 3.34. The van der Waals surface area contributed by atoms with Crippen LogP contribution >= 0.6 is 23.6 Å². The lowest BCUT2D eigenvalue weighted by molar-refractivity contribution is 0.927. The topological polar surface area (TPSA) is 28.7 Å². The van der Waals surface area contributed by atoms with Gasteiger partial charge in [0.15, 0.2) is 0 Å². The highest BCUT2D eigenvalue weighted by atomic mass is 32.1. The van der Waals surface area contributed by atoms with Crippen LogP contribution in [0.1, 0.15) is 18.3 Å². The lowest BCUT2D eigenvalue weighted by atomic mass is 10.1. The van der Waals surface area contributed by atoms with Crippen LogP contribution in [0.2, 0.25) is 0 Å². The molecule has 0 radical (unpaired) electrons. The van der Waals surface area contributed by atoms with Crippen molar-refractivity contribution in [1.29, 1.82) is 0 Å². The van der Waals surface area contributed by atoms with E-state index in [0.29, 0.717) is 4.64 Å². The van der Waals surface area contributed by atoms with Gasteiger partial charge in [0.1, 0.15) is 10.5 Å². The van der Waals surface area contributed by atoms with E-state index in [4.69, 9.17) is 12.2 Å². The average molecular weight is 286 g/mol. The largest absolute Gasteiger partial charge is 0.343 e. The van der Waals surface area contributed by atoms with Gasteiger partial charge >= 0.3 is 0 Å². The second-order valence-corrected chi connectivity index (χ2v) is 5.79. The van der Waals surface area contributed by atoms with Crippen molar-refractivity contribution in [3.8, 4) is 11.3 Å². The van der Waals surface area contributed by atoms with Crippen molar-refractivity contribution in [2.45, 2.75) is 20.3 Å². The summed E-state index contributed by atoms with van der Waals surface area (Å²) in [5.74, 6) is 0.944. The van der Waals surface area contributed by atoms with Crippen LogP contribution in [0.4, 0.5) is 0 Å². The predicted octanol–water partition coefficient (Wildman–Crippen LogP) is 4.89. The Bertz CT molecular complexity index is 799.